The van der Waals surface area contributed by atoms with Gasteiger partial charge in [-0.05, 0) is 56.4 Å². The Morgan fingerprint density at radius 1 is 1.03 bits per heavy atom. The predicted molar refractivity (Wildman–Crippen MR) is 127 cm³/mol. The molecule has 0 heterocycles. The molecule has 32 heavy (non-hydrogen) atoms. The van der Waals surface area contributed by atoms with Crippen LogP contribution < -0.4 is 10.1 Å². The second-order valence-electron chi connectivity index (χ2n) is 8.88. The maximum absolute atomic E-state index is 13.3. The first-order valence-corrected chi connectivity index (χ1v) is 11.8. The normalized spacial score (nSPS) is 15.1. The standard InChI is InChI=1S/C27H36N2O3/c1-4-25(27(31)28-23-10-6-5-7-11-23)29(18-22-15-13-20(2)14-16-22)26(30)19-32-24-12-8-9-21(3)17-24/h8-9,12-17,23,25H,4-7,10-11,18-19H2,1-3H3,(H,28,31). The van der Waals surface area contributed by atoms with E-state index in [1.807, 2.05) is 69.3 Å². The molecule has 3 rings (SSSR count). The van der Waals surface area contributed by atoms with Crippen LogP contribution in [0.25, 0.3) is 0 Å². The Morgan fingerprint density at radius 2 is 1.75 bits per heavy atom. The summed E-state index contributed by atoms with van der Waals surface area (Å²) in [5.74, 6) is 0.418. The number of benzene rings is 2. The van der Waals surface area contributed by atoms with Gasteiger partial charge in [-0.25, -0.2) is 0 Å². The third-order valence-corrected chi connectivity index (χ3v) is 6.16. The number of aryl methyl sites for hydroxylation is 2. The van der Waals surface area contributed by atoms with E-state index in [0.717, 1.165) is 42.4 Å². The van der Waals surface area contributed by atoms with Crippen molar-refractivity contribution >= 4 is 11.8 Å². The summed E-state index contributed by atoms with van der Waals surface area (Å²) in [5, 5.41) is 3.21. The molecule has 1 N–H and O–H groups in total. The van der Waals surface area contributed by atoms with Crippen molar-refractivity contribution in [1.82, 2.24) is 10.2 Å². The van der Waals surface area contributed by atoms with E-state index in [2.05, 4.69) is 5.32 Å². The predicted octanol–water partition coefficient (Wildman–Crippen LogP) is 4.94. The number of carbonyl (C=O) groups is 2. The second-order valence-corrected chi connectivity index (χ2v) is 8.88. The fraction of sp³-hybridized carbons (Fsp3) is 0.481. The van der Waals surface area contributed by atoms with Gasteiger partial charge in [0.2, 0.25) is 5.91 Å². The van der Waals surface area contributed by atoms with Crippen molar-refractivity contribution in [2.45, 2.75) is 77.9 Å². The molecule has 0 aliphatic heterocycles. The van der Waals surface area contributed by atoms with Crippen molar-refractivity contribution in [2.75, 3.05) is 6.61 Å². The van der Waals surface area contributed by atoms with E-state index in [1.54, 1.807) is 4.90 Å². The molecule has 1 aliphatic carbocycles. The Kier molecular flexibility index (Phi) is 8.72. The summed E-state index contributed by atoms with van der Waals surface area (Å²) in [4.78, 5) is 28.2. The monoisotopic (exact) mass is 436 g/mol. The zero-order valence-corrected chi connectivity index (χ0v) is 19.6. The van der Waals surface area contributed by atoms with E-state index in [0.29, 0.717) is 18.7 Å². The van der Waals surface area contributed by atoms with Crippen molar-refractivity contribution in [3.63, 3.8) is 0 Å². The van der Waals surface area contributed by atoms with E-state index in [-0.39, 0.29) is 24.5 Å². The second kappa shape index (κ2) is 11.7. The average molecular weight is 437 g/mol. The van der Waals surface area contributed by atoms with Crippen LogP contribution in [0.15, 0.2) is 48.5 Å². The third kappa shape index (κ3) is 6.84. The van der Waals surface area contributed by atoms with Gasteiger partial charge in [0, 0.05) is 12.6 Å². The minimum Gasteiger partial charge on any atom is -0.484 e. The number of ether oxygens (including phenoxy) is 1. The number of nitrogens with zero attached hydrogens (tertiary/aromatic N) is 1. The number of nitrogens with one attached hydrogen (secondary N) is 1. The number of hydrogen-bond acceptors (Lipinski definition) is 3. The molecule has 5 nitrogen and oxygen atoms in total. The van der Waals surface area contributed by atoms with E-state index >= 15 is 0 Å². The van der Waals surface area contributed by atoms with Crippen LogP contribution in [-0.2, 0) is 16.1 Å². The maximum atomic E-state index is 13.3. The number of amides is 2. The molecular weight excluding hydrogens is 400 g/mol. The van der Waals surface area contributed by atoms with Gasteiger partial charge < -0.3 is 15.0 Å². The largest absolute Gasteiger partial charge is 0.484 e. The zero-order chi connectivity index (χ0) is 22.9. The first-order valence-electron chi connectivity index (χ1n) is 11.8. The van der Waals surface area contributed by atoms with E-state index < -0.39 is 6.04 Å². The molecule has 0 aromatic heterocycles. The molecule has 0 bridgehead atoms. The Hall–Kier alpha value is -2.82. The van der Waals surface area contributed by atoms with E-state index in [1.165, 1.54) is 6.42 Å². The molecular formula is C27H36N2O3. The van der Waals surface area contributed by atoms with Crippen LogP contribution in [0.5, 0.6) is 5.75 Å². The summed E-state index contributed by atoms with van der Waals surface area (Å²) >= 11 is 0. The van der Waals surface area contributed by atoms with Crippen molar-refractivity contribution < 1.29 is 14.3 Å². The lowest BCUT2D eigenvalue weighted by Crippen LogP contribution is -2.52. The molecule has 0 saturated heterocycles. The Bertz CT molecular complexity index is 888. The molecule has 172 valence electrons. The van der Waals surface area contributed by atoms with Gasteiger partial charge in [0.25, 0.3) is 5.91 Å². The average Bonchev–Trinajstić information content (AvgIpc) is 2.79. The van der Waals surface area contributed by atoms with Crippen molar-refractivity contribution in [3.05, 3.63) is 65.2 Å². The molecule has 1 atom stereocenters. The molecule has 1 fully saturated rings. The Morgan fingerprint density at radius 3 is 2.41 bits per heavy atom. The Labute approximate surface area is 192 Å². The summed E-state index contributed by atoms with van der Waals surface area (Å²) in [6.45, 7) is 6.27. The summed E-state index contributed by atoms with van der Waals surface area (Å²) in [5.41, 5.74) is 3.24. The molecule has 5 heteroatoms. The minimum atomic E-state index is -0.521. The quantitative estimate of drug-likeness (QED) is 0.606. The van der Waals surface area contributed by atoms with Crippen LogP contribution in [0, 0.1) is 13.8 Å². The summed E-state index contributed by atoms with van der Waals surface area (Å²) < 4.78 is 5.79. The molecule has 0 spiro atoms. The van der Waals surface area contributed by atoms with Gasteiger partial charge >= 0.3 is 0 Å². The lowest BCUT2D eigenvalue weighted by atomic mass is 9.95. The summed E-state index contributed by atoms with van der Waals surface area (Å²) in [6, 6.07) is 15.4. The highest BCUT2D eigenvalue weighted by Crippen LogP contribution is 2.19. The zero-order valence-electron chi connectivity index (χ0n) is 19.6. The first-order chi connectivity index (χ1) is 15.5. The molecule has 1 unspecified atom stereocenters. The minimum absolute atomic E-state index is 0.0598. The topological polar surface area (TPSA) is 58.6 Å². The fourth-order valence-corrected chi connectivity index (χ4v) is 4.29. The van der Waals surface area contributed by atoms with Crippen molar-refractivity contribution in [3.8, 4) is 5.75 Å². The summed E-state index contributed by atoms with van der Waals surface area (Å²) in [6.07, 6.45) is 6.13. The SMILES string of the molecule is CCC(C(=O)NC1CCCCC1)N(Cc1ccc(C)cc1)C(=O)COc1cccc(C)c1. The molecule has 1 saturated carbocycles. The van der Waals surface area contributed by atoms with Gasteiger partial charge in [0.1, 0.15) is 11.8 Å². The van der Waals surface area contributed by atoms with Gasteiger partial charge in [0.05, 0.1) is 0 Å². The smallest absolute Gasteiger partial charge is 0.261 e. The highest BCUT2D eigenvalue weighted by molar-refractivity contribution is 5.88. The van der Waals surface area contributed by atoms with Gasteiger partial charge in [-0.3, -0.25) is 9.59 Å². The van der Waals surface area contributed by atoms with Crippen LogP contribution >= 0.6 is 0 Å². The fourth-order valence-electron chi connectivity index (χ4n) is 4.29. The molecule has 2 aromatic carbocycles. The van der Waals surface area contributed by atoms with E-state index in [4.69, 9.17) is 4.74 Å². The van der Waals surface area contributed by atoms with Crippen molar-refractivity contribution in [1.29, 1.82) is 0 Å². The highest BCUT2D eigenvalue weighted by atomic mass is 16.5. The van der Waals surface area contributed by atoms with Crippen LogP contribution in [0.3, 0.4) is 0 Å². The molecule has 1 aliphatic rings. The van der Waals surface area contributed by atoms with Gasteiger partial charge in [-0.2, -0.15) is 0 Å². The third-order valence-electron chi connectivity index (χ3n) is 6.16. The molecule has 2 aromatic rings. The van der Waals surface area contributed by atoms with Crippen LogP contribution in [0.2, 0.25) is 0 Å². The molecule has 0 radical (unpaired) electrons. The van der Waals surface area contributed by atoms with Crippen LogP contribution in [0.4, 0.5) is 0 Å². The lowest BCUT2D eigenvalue weighted by molar-refractivity contribution is -0.143. The Balaban J connectivity index is 1.74. The highest BCUT2D eigenvalue weighted by Gasteiger charge is 2.30. The number of hydrogen-bond donors (Lipinski definition) is 1. The molecule has 2 amide bonds. The van der Waals surface area contributed by atoms with Crippen LogP contribution in [-0.4, -0.2) is 35.4 Å². The maximum Gasteiger partial charge on any atom is 0.261 e. The number of carbonyl (C=O) groups excluding carboxylic acids is 2. The van der Waals surface area contributed by atoms with Crippen LogP contribution in [0.1, 0.15) is 62.1 Å². The van der Waals surface area contributed by atoms with Gasteiger partial charge in [-0.15, -0.1) is 0 Å². The number of rotatable bonds is 9. The van der Waals surface area contributed by atoms with Gasteiger partial charge in [0.15, 0.2) is 6.61 Å². The lowest BCUT2D eigenvalue weighted by Gasteiger charge is -2.32. The van der Waals surface area contributed by atoms with Gasteiger partial charge in [-0.1, -0.05) is 68.1 Å². The summed E-state index contributed by atoms with van der Waals surface area (Å²) in [7, 11) is 0. The van der Waals surface area contributed by atoms with E-state index in [9.17, 15) is 9.59 Å². The van der Waals surface area contributed by atoms with Crippen molar-refractivity contribution in [2.24, 2.45) is 0 Å². The first kappa shape index (κ1) is 23.8.